The van der Waals surface area contributed by atoms with Gasteiger partial charge in [-0.25, -0.2) is 14.5 Å². The monoisotopic (exact) mass is 508 g/mol. The van der Waals surface area contributed by atoms with Crippen molar-refractivity contribution in [2.45, 2.75) is 32.1 Å². The van der Waals surface area contributed by atoms with Crippen LogP contribution in [0.1, 0.15) is 36.1 Å². The fraction of sp³-hybridized carbons (Fsp3) is 0.261. The first kappa shape index (κ1) is 23.5. The van der Waals surface area contributed by atoms with Crippen LogP contribution in [0, 0.1) is 5.95 Å². The highest BCUT2D eigenvalue weighted by atomic mass is 35.5. The lowest BCUT2D eigenvalue weighted by Gasteiger charge is -2.20. The molecule has 0 bridgehead atoms. The fourth-order valence-corrected chi connectivity index (χ4v) is 4.39. The Morgan fingerprint density at radius 3 is 2.64 bits per heavy atom. The summed E-state index contributed by atoms with van der Waals surface area (Å²) in [5, 5.41) is 19.4. The van der Waals surface area contributed by atoms with Crippen LogP contribution < -0.4 is 5.32 Å². The number of nitrogens with one attached hydrogen (secondary N) is 1. The second kappa shape index (κ2) is 9.82. The first-order valence-electron chi connectivity index (χ1n) is 11.3. The molecule has 1 amide bonds. The van der Waals surface area contributed by atoms with Gasteiger partial charge in [0.25, 0.3) is 0 Å². The normalized spacial score (nSPS) is 12.2. The van der Waals surface area contributed by atoms with Crippen molar-refractivity contribution in [1.82, 2.24) is 44.4 Å². The van der Waals surface area contributed by atoms with E-state index in [-0.39, 0.29) is 10.9 Å². The van der Waals surface area contributed by atoms with Crippen molar-refractivity contribution in [3.63, 3.8) is 0 Å². The van der Waals surface area contributed by atoms with E-state index in [0.717, 1.165) is 5.56 Å². The Labute approximate surface area is 209 Å². The van der Waals surface area contributed by atoms with Crippen molar-refractivity contribution in [3.8, 4) is 5.82 Å². The molecular formula is C23H22ClFN10O. The van der Waals surface area contributed by atoms with E-state index in [9.17, 15) is 9.18 Å². The molecule has 0 radical (unpaired) electrons. The van der Waals surface area contributed by atoms with Gasteiger partial charge < -0.3 is 5.32 Å². The van der Waals surface area contributed by atoms with Gasteiger partial charge in [-0.2, -0.15) is 19.7 Å². The molecule has 0 aliphatic rings. The molecule has 13 heteroatoms. The number of carbonyl (C=O) groups excluding carboxylic acids is 1. The number of aromatic nitrogens is 9. The molecule has 0 aliphatic heterocycles. The first-order chi connectivity index (χ1) is 17.4. The van der Waals surface area contributed by atoms with Crippen molar-refractivity contribution >= 4 is 28.8 Å². The number of anilines is 1. The summed E-state index contributed by atoms with van der Waals surface area (Å²) < 4.78 is 17.0. The molecule has 1 unspecified atom stereocenters. The molecular weight excluding hydrogens is 487 g/mol. The lowest BCUT2D eigenvalue weighted by Crippen LogP contribution is -2.24. The number of rotatable bonds is 8. The molecule has 0 aromatic carbocycles. The summed E-state index contributed by atoms with van der Waals surface area (Å²) in [4.78, 5) is 23.5. The maximum atomic E-state index is 13.9. The van der Waals surface area contributed by atoms with E-state index >= 15 is 0 Å². The molecule has 5 aromatic heterocycles. The van der Waals surface area contributed by atoms with Crippen molar-refractivity contribution in [3.05, 3.63) is 77.1 Å². The zero-order chi connectivity index (χ0) is 25.2. The summed E-state index contributed by atoms with van der Waals surface area (Å²) in [6.07, 6.45) is 11.4. The molecule has 184 valence electrons. The third kappa shape index (κ3) is 4.67. The first-order valence-corrected chi connectivity index (χ1v) is 11.6. The van der Waals surface area contributed by atoms with Gasteiger partial charge in [0, 0.05) is 36.8 Å². The third-order valence-electron chi connectivity index (χ3n) is 5.79. The summed E-state index contributed by atoms with van der Waals surface area (Å²) in [6, 6.07) is 2.85. The van der Waals surface area contributed by atoms with Crippen LogP contribution in [0.15, 0.2) is 49.3 Å². The second-order valence-corrected chi connectivity index (χ2v) is 8.61. The maximum Gasteiger partial charge on any atom is 0.235 e. The average Bonchev–Trinajstić information content (AvgIpc) is 3.60. The number of hydrogen-bond acceptors (Lipinski definition) is 7. The highest BCUT2D eigenvalue weighted by molar-refractivity contribution is 6.32. The quantitative estimate of drug-likeness (QED) is 0.342. The Bertz CT molecular complexity index is 1530. The van der Waals surface area contributed by atoms with Crippen LogP contribution >= 0.6 is 11.6 Å². The van der Waals surface area contributed by atoms with Crippen molar-refractivity contribution in [1.29, 1.82) is 0 Å². The van der Waals surface area contributed by atoms with E-state index in [1.165, 1.54) is 34.0 Å². The minimum absolute atomic E-state index is 0.273. The predicted octanol–water partition coefficient (Wildman–Crippen LogP) is 3.15. The summed E-state index contributed by atoms with van der Waals surface area (Å²) in [5.41, 5.74) is 3.19. The van der Waals surface area contributed by atoms with E-state index in [1.807, 2.05) is 20.2 Å². The molecule has 5 heterocycles. The molecule has 1 N–H and O–H groups in total. The number of halogens is 2. The smallest absolute Gasteiger partial charge is 0.235 e. The van der Waals surface area contributed by atoms with E-state index in [4.69, 9.17) is 11.6 Å². The lowest BCUT2D eigenvalue weighted by molar-refractivity contribution is -0.117. The van der Waals surface area contributed by atoms with Crippen LogP contribution in [0.4, 0.5) is 10.1 Å². The number of amides is 1. The van der Waals surface area contributed by atoms with Gasteiger partial charge in [-0.3, -0.25) is 9.48 Å². The van der Waals surface area contributed by atoms with Crippen LogP contribution in [-0.4, -0.2) is 50.3 Å². The van der Waals surface area contributed by atoms with E-state index in [1.54, 1.807) is 23.1 Å². The SMILES string of the molecule is CCc1c(C(CCc2cnn(C)c2)C(=O)Nc2cnc(-n3nccn3)c(Cl)c2)cnc2cc(F)nn12. The molecule has 5 rings (SSSR count). The Morgan fingerprint density at radius 1 is 1.14 bits per heavy atom. The Morgan fingerprint density at radius 2 is 1.94 bits per heavy atom. The van der Waals surface area contributed by atoms with E-state index in [0.29, 0.717) is 47.7 Å². The van der Waals surface area contributed by atoms with Crippen molar-refractivity contribution in [2.75, 3.05) is 5.32 Å². The second-order valence-electron chi connectivity index (χ2n) is 8.20. The predicted molar refractivity (Wildman–Crippen MR) is 129 cm³/mol. The zero-order valence-corrected chi connectivity index (χ0v) is 20.3. The van der Waals surface area contributed by atoms with E-state index < -0.39 is 11.9 Å². The van der Waals surface area contributed by atoms with Gasteiger partial charge >= 0.3 is 0 Å². The minimum Gasteiger partial charge on any atom is -0.324 e. The topological polar surface area (TPSA) is 121 Å². The van der Waals surface area contributed by atoms with Crippen molar-refractivity contribution in [2.24, 2.45) is 7.05 Å². The Kier molecular flexibility index (Phi) is 6.42. The van der Waals surface area contributed by atoms with Gasteiger partial charge in [-0.15, -0.1) is 9.90 Å². The number of fused-ring (bicyclic) bond motifs is 1. The van der Waals surface area contributed by atoms with E-state index in [2.05, 4.69) is 35.7 Å². The van der Waals surface area contributed by atoms with Crippen molar-refractivity contribution < 1.29 is 9.18 Å². The number of aryl methyl sites for hydroxylation is 3. The molecule has 36 heavy (non-hydrogen) atoms. The number of nitrogens with zero attached hydrogens (tertiary/aromatic N) is 9. The molecule has 0 spiro atoms. The van der Waals surface area contributed by atoms with Crippen LogP contribution in [0.2, 0.25) is 5.02 Å². The van der Waals surface area contributed by atoms with Crippen LogP contribution in [-0.2, 0) is 24.7 Å². The van der Waals surface area contributed by atoms with Gasteiger partial charge in [0.1, 0.15) is 0 Å². The molecule has 1 atom stereocenters. The lowest BCUT2D eigenvalue weighted by atomic mass is 9.91. The van der Waals surface area contributed by atoms with Gasteiger partial charge in [0.15, 0.2) is 11.5 Å². The minimum atomic E-state index is -0.627. The number of hydrogen-bond donors (Lipinski definition) is 1. The van der Waals surface area contributed by atoms with Crippen LogP contribution in [0.3, 0.4) is 0 Å². The molecule has 0 aliphatic carbocycles. The van der Waals surface area contributed by atoms with Gasteiger partial charge in [0.05, 0.1) is 41.4 Å². The van der Waals surface area contributed by atoms with Gasteiger partial charge in [-0.05, 0) is 30.9 Å². The average molecular weight is 509 g/mol. The standard InChI is InChI=1S/C23H22ClFN10O/c1-3-19-17(12-26-21-9-20(25)32-34(19)21)16(5-4-14-10-30-33(2)13-14)23(36)31-15-8-18(24)22(27-11-15)35-28-6-7-29-35/h6-13,16H,3-5H2,1-2H3,(H,31,36). The van der Waals surface area contributed by atoms with Gasteiger partial charge in [0.2, 0.25) is 11.9 Å². The maximum absolute atomic E-state index is 13.9. The molecule has 5 aromatic rings. The number of pyridine rings is 1. The van der Waals surface area contributed by atoms with Gasteiger partial charge in [-0.1, -0.05) is 18.5 Å². The molecule has 0 saturated heterocycles. The zero-order valence-electron chi connectivity index (χ0n) is 19.5. The highest BCUT2D eigenvalue weighted by Crippen LogP contribution is 2.28. The third-order valence-corrected chi connectivity index (χ3v) is 6.07. The number of carbonyl (C=O) groups is 1. The molecule has 0 saturated carbocycles. The van der Waals surface area contributed by atoms with Crippen LogP contribution in [0.25, 0.3) is 11.5 Å². The molecule has 0 fully saturated rings. The van der Waals surface area contributed by atoms with Crippen LogP contribution in [0.5, 0.6) is 0 Å². The summed E-state index contributed by atoms with van der Waals surface area (Å²) in [6.45, 7) is 1.93. The molecule has 11 nitrogen and oxygen atoms in total. The highest BCUT2D eigenvalue weighted by Gasteiger charge is 2.26. The fourth-order valence-electron chi connectivity index (χ4n) is 4.15. The Balaban J connectivity index is 1.47. The summed E-state index contributed by atoms with van der Waals surface area (Å²) >= 11 is 6.38. The largest absolute Gasteiger partial charge is 0.324 e. The summed E-state index contributed by atoms with van der Waals surface area (Å²) in [5.74, 6) is -1.16. The Hall–Kier alpha value is -4.19. The summed E-state index contributed by atoms with van der Waals surface area (Å²) in [7, 11) is 1.84.